The van der Waals surface area contributed by atoms with Gasteiger partial charge in [-0.25, -0.2) is 0 Å². The van der Waals surface area contributed by atoms with Gasteiger partial charge in [-0.15, -0.1) is 0 Å². The first kappa shape index (κ1) is 16.2. The van der Waals surface area contributed by atoms with Gasteiger partial charge in [0.15, 0.2) is 0 Å². The van der Waals surface area contributed by atoms with Gasteiger partial charge >= 0.3 is 0 Å². The third-order valence-electron chi connectivity index (χ3n) is 4.72. The third-order valence-corrected chi connectivity index (χ3v) is 9.82. The Bertz CT molecular complexity index is 608. The average Bonchev–Trinajstić information content (AvgIpc) is 3.06. The summed E-state index contributed by atoms with van der Waals surface area (Å²) in [6.07, 6.45) is 6.88. The standard InChI is InChI=1S/C21H26OSi/c1-21(2,3)23(19-14-6-4-7-15-19,20-16-8-5-9-17-20)22-18-12-10-11-13-18/h4-11,14-18H,12-13H2,1-3H3. The van der Waals surface area contributed by atoms with Crippen LogP contribution in [0.5, 0.6) is 0 Å². The Morgan fingerprint density at radius 3 is 1.61 bits per heavy atom. The molecule has 2 aromatic rings. The molecule has 0 amide bonds. The van der Waals surface area contributed by atoms with Crippen molar-refractivity contribution in [3.8, 4) is 0 Å². The molecule has 0 aliphatic heterocycles. The van der Waals surface area contributed by atoms with Crippen LogP contribution in [0.15, 0.2) is 72.8 Å². The number of benzene rings is 2. The molecule has 23 heavy (non-hydrogen) atoms. The van der Waals surface area contributed by atoms with Crippen LogP contribution in [0.1, 0.15) is 33.6 Å². The fourth-order valence-corrected chi connectivity index (χ4v) is 8.34. The van der Waals surface area contributed by atoms with Gasteiger partial charge in [-0.2, -0.15) is 0 Å². The largest absolute Gasteiger partial charge is 0.404 e. The molecule has 0 spiro atoms. The molecule has 1 aliphatic carbocycles. The maximum absolute atomic E-state index is 7.01. The SMILES string of the molecule is CC(C)(C)[Si](OC1CC=CC1)(c1ccccc1)c1ccccc1. The fraction of sp³-hybridized carbons (Fsp3) is 0.333. The summed E-state index contributed by atoms with van der Waals surface area (Å²) in [6, 6.07) is 21.8. The van der Waals surface area contributed by atoms with Gasteiger partial charge < -0.3 is 4.43 Å². The van der Waals surface area contributed by atoms with E-state index in [0.717, 1.165) is 12.8 Å². The Hall–Kier alpha value is -1.64. The van der Waals surface area contributed by atoms with Crippen LogP contribution in [0.3, 0.4) is 0 Å². The van der Waals surface area contributed by atoms with Gasteiger partial charge in [0, 0.05) is 0 Å². The first-order valence-corrected chi connectivity index (χ1v) is 10.4. The Labute approximate surface area is 141 Å². The molecule has 120 valence electrons. The predicted molar refractivity (Wildman–Crippen MR) is 101 cm³/mol. The van der Waals surface area contributed by atoms with E-state index in [1.54, 1.807) is 0 Å². The average molecular weight is 323 g/mol. The molecule has 2 aromatic carbocycles. The summed E-state index contributed by atoms with van der Waals surface area (Å²) < 4.78 is 7.01. The van der Waals surface area contributed by atoms with Crippen molar-refractivity contribution in [3.05, 3.63) is 72.8 Å². The molecule has 0 saturated carbocycles. The Morgan fingerprint density at radius 2 is 1.22 bits per heavy atom. The highest BCUT2D eigenvalue weighted by molar-refractivity contribution is 6.99. The highest BCUT2D eigenvalue weighted by Gasteiger charge is 2.51. The van der Waals surface area contributed by atoms with E-state index in [4.69, 9.17) is 4.43 Å². The van der Waals surface area contributed by atoms with Gasteiger partial charge in [-0.1, -0.05) is 93.6 Å². The van der Waals surface area contributed by atoms with E-state index in [2.05, 4.69) is 93.6 Å². The van der Waals surface area contributed by atoms with E-state index in [9.17, 15) is 0 Å². The summed E-state index contributed by atoms with van der Waals surface area (Å²) in [5, 5.41) is 2.80. The van der Waals surface area contributed by atoms with Crippen molar-refractivity contribution in [3.63, 3.8) is 0 Å². The van der Waals surface area contributed by atoms with E-state index in [-0.39, 0.29) is 5.04 Å². The van der Waals surface area contributed by atoms with Crippen LogP contribution in [-0.4, -0.2) is 14.4 Å². The number of hydrogen-bond donors (Lipinski definition) is 0. The van der Waals surface area contributed by atoms with Gasteiger partial charge in [-0.05, 0) is 28.3 Å². The van der Waals surface area contributed by atoms with Gasteiger partial charge in [-0.3, -0.25) is 0 Å². The summed E-state index contributed by atoms with van der Waals surface area (Å²) in [5.74, 6) is 0. The second-order valence-corrected chi connectivity index (χ2v) is 11.6. The minimum Gasteiger partial charge on any atom is -0.404 e. The van der Waals surface area contributed by atoms with Crippen LogP contribution in [-0.2, 0) is 4.43 Å². The lowest BCUT2D eigenvalue weighted by Crippen LogP contribution is -2.67. The maximum atomic E-state index is 7.01. The van der Waals surface area contributed by atoms with E-state index in [1.165, 1.54) is 10.4 Å². The molecule has 0 radical (unpaired) electrons. The van der Waals surface area contributed by atoms with Crippen LogP contribution in [0, 0.1) is 0 Å². The molecule has 2 heteroatoms. The van der Waals surface area contributed by atoms with Crippen LogP contribution >= 0.6 is 0 Å². The quantitative estimate of drug-likeness (QED) is 0.603. The zero-order valence-corrected chi connectivity index (χ0v) is 15.3. The van der Waals surface area contributed by atoms with Crippen LogP contribution < -0.4 is 10.4 Å². The van der Waals surface area contributed by atoms with Gasteiger partial charge in [0.1, 0.15) is 0 Å². The highest BCUT2D eigenvalue weighted by Crippen LogP contribution is 2.38. The van der Waals surface area contributed by atoms with E-state index < -0.39 is 8.32 Å². The van der Waals surface area contributed by atoms with Crippen LogP contribution in [0.2, 0.25) is 5.04 Å². The van der Waals surface area contributed by atoms with E-state index >= 15 is 0 Å². The van der Waals surface area contributed by atoms with E-state index in [0.29, 0.717) is 6.10 Å². The molecule has 0 aromatic heterocycles. The van der Waals surface area contributed by atoms with Gasteiger partial charge in [0.2, 0.25) is 0 Å². The lowest BCUT2D eigenvalue weighted by atomic mass is 10.2. The van der Waals surface area contributed by atoms with Crippen molar-refractivity contribution in [2.45, 2.75) is 44.8 Å². The zero-order chi connectivity index (χ0) is 16.3. The smallest absolute Gasteiger partial charge is 0.261 e. The first-order valence-electron chi connectivity index (χ1n) is 8.48. The van der Waals surface area contributed by atoms with Crippen molar-refractivity contribution in [1.82, 2.24) is 0 Å². The molecule has 0 N–H and O–H groups in total. The maximum Gasteiger partial charge on any atom is 0.261 e. The second kappa shape index (κ2) is 6.46. The summed E-state index contributed by atoms with van der Waals surface area (Å²) in [7, 11) is -2.35. The van der Waals surface area contributed by atoms with Crippen molar-refractivity contribution in [2.24, 2.45) is 0 Å². The van der Waals surface area contributed by atoms with Crippen molar-refractivity contribution in [1.29, 1.82) is 0 Å². The van der Waals surface area contributed by atoms with Crippen molar-refractivity contribution in [2.75, 3.05) is 0 Å². The van der Waals surface area contributed by atoms with Gasteiger partial charge in [0.25, 0.3) is 8.32 Å². The second-order valence-electron chi connectivity index (χ2n) is 7.35. The summed E-state index contributed by atoms with van der Waals surface area (Å²) in [6.45, 7) is 7.00. The summed E-state index contributed by atoms with van der Waals surface area (Å²) in [5.41, 5.74) is 0. The Balaban J connectivity index is 2.17. The summed E-state index contributed by atoms with van der Waals surface area (Å²) >= 11 is 0. The monoisotopic (exact) mass is 322 g/mol. The molecular weight excluding hydrogens is 296 g/mol. The Morgan fingerprint density at radius 1 is 0.783 bits per heavy atom. The van der Waals surface area contributed by atoms with Crippen molar-refractivity contribution >= 4 is 18.7 Å². The highest BCUT2D eigenvalue weighted by atomic mass is 28.4. The van der Waals surface area contributed by atoms with E-state index in [1.807, 2.05) is 0 Å². The minimum atomic E-state index is -2.35. The van der Waals surface area contributed by atoms with Gasteiger partial charge in [0.05, 0.1) is 6.10 Å². The molecule has 0 fully saturated rings. The lowest BCUT2D eigenvalue weighted by Gasteiger charge is -2.44. The van der Waals surface area contributed by atoms with Crippen molar-refractivity contribution < 1.29 is 4.43 Å². The predicted octanol–water partition coefficient (Wildman–Crippen LogP) is 4.28. The molecule has 3 rings (SSSR count). The molecule has 0 atom stereocenters. The first-order chi connectivity index (χ1) is 11.0. The minimum absolute atomic E-state index is 0.0678. The third kappa shape index (κ3) is 3.06. The molecule has 0 unspecified atom stereocenters. The lowest BCUT2D eigenvalue weighted by molar-refractivity contribution is 0.201. The van der Waals surface area contributed by atoms with Crippen LogP contribution in [0.4, 0.5) is 0 Å². The Kier molecular flexibility index (Phi) is 4.56. The molecule has 1 nitrogen and oxygen atoms in total. The molecule has 0 bridgehead atoms. The zero-order valence-electron chi connectivity index (χ0n) is 14.3. The normalized spacial score (nSPS) is 16.0. The molecular formula is C21H26OSi. The number of hydrogen-bond acceptors (Lipinski definition) is 1. The van der Waals surface area contributed by atoms with Crippen LogP contribution in [0.25, 0.3) is 0 Å². The summed E-state index contributed by atoms with van der Waals surface area (Å²) in [4.78, 5) is 0. The fourth-order valence-electron chi connectivity index (χ4n) is 3.63. The topological polar surface area (TPSA) is 9.23 Å². The number of rotatable bonds is 4. The molecule has 0 saturated heterocycles. The molecule has 0 heterocycles. The molecule has 1 aliphatic rings.